The third kappa shape index (κ3) is 6.10. The molecule has 1 aromatic carbocycles. The summed E-state index contributed by atoms with van der Waals surface area (Å²) in [7, 11) is 0. The van der Waals surface area contributed by atoms with Crippen molar-refractivity contribution in [1.82, 2.24) is 5.32 Å². The molecule has 0 bridgehead atoms. The van der Waals surface area contributed by atoms with Crippen LogP contribution in [0, 0.1) is 0 Å². The van der Waals surface area contributed by atoms with E-state index >= 15 is 0 Å². The topological polar surface area (TPSA) is 66.4 Å². The lowest BCUT2D eigenvalue weighted by Gasteiger charge is -2.06. The fourth-order valence-corrected chi connectivity index (χ4v) is 2.32. The van der Waals surface area contributed by atoms with Crippen LogP contribution in [0.25, 0.3) is 0 Å². The van der Waals surface area contributed by atoms with E-state index in [4.69, 9.17) is 5.11 Å². The third-order valence-electron chi connectivity index (χ3n) is 2.93. The van der Waals surface area contributed by atoms with Gasteiger partial charge < -0.3 is 10.4 Å². The van der Waals surface area contributed by atoms with Crippen LogP contribution in [0.5, 0.6) is 0 Å². The Morgan fingerprint density at radius 3 is 2.55 bits per heavy atom. The molecule has 4 nitrogen and oxygen atoms in total. The van der Waals surface area contributed by atoms with Gasteiger partial charge in [0.25, 0.3) is 5.91 Å². The zero-order chi connectivity index (χ0) is 14.8. The summed E-state index contributed by atoms with van der Waals surface area (Å²) >= 11 is 1.85. The molecule has 110 valence electrons. The summed E-state index contributed by atoms with van der Waals surface area (Å²) in [5.74, 6) is -0.0420. The van der Waals surface area contributed by atoms with Crippen molar-refractivity contribution >= 4 is 23.6 Å². The standard InChI is InChI=1S/C15H21NO3S/c1-20-10-5-3-2-4-9-16-14(17)12-7-6-8-13(11-12)15(18)19/h6-8,11H,2-5,9-10H2,1H3,(H,16,17)(H,18,19). The molecule has 0 spiro atoms. The van der Waals surface area contributed by atoms with Crippen molar-refractivity contribution in [2.75, 3.05) is 18.6 Å². The maximum atomic E-state index is 11.8. The molecule has 20 heavy (non-hydrogen) atoms. The molecule has 0 saturated carbocycles. The first-order valence-electron chi connectivity index (χ1n) is 6.75. The number of rotatable bonds is 9. The highest BCUT2D eigenvalue weighted by Crippen LogP contribution is 2.06. The predicted octanol–water partition coefficient (Wildman–Crippen LogP) is 3.04. The van der Waals surface area contributed by atoms with Crippen molar-refractivity contribution < 1.29 is 14.7 Å². The summed E-state index contributed by atoms with van der Waals surface area (Å²) in [6.07, 6.45) is 6.57. The van der Waals surface area contributed by atoms with Gasteiger partial charge in [0.15, 0.2) is 0 Å². The molecule has 0 fully saturated rings. The lowest BCUT2D eigenvalue weighted by Crippen LogP contribution is -2.24. The minimum Gasteiger partial charge on any atom is -0.478 e. The molecule has 0 unspecified atom stereocenters. The molecule has 2 N–H and O–H groups in total. The number of carbonyl (C=O) groups is 2. The first kappa shape index (κ1) is 16.6. The Morgan fingerprint density at radius 2 is 1.85 bits per heavy atom. The van der Waals surface area contributed by atoms with Gasteiger partial charge in [0.2, 0.25) is 0 Å². The summed E-state index contributed by atoms with van der Waals surface area (Å²) in [5, 5.41) is 11.7. The number of hydrogen-bond acceptors (Lipinski definition) is 3. The number of benzene rings is 1. The number of carboxylic acid groups (broad SMARTS) is 1. The SMILES string of the molecule is CSCCCCCCNC(=O)c1cccc(C(=O)O)c1. The summed E-state index contributed by atoms with van der Waals surface area (Å²) in [4.78, 5) is 22.7. The molecule has 0 aliphatic rings. The zero-order valence-electron chi connectivity index (χ0n) is 11.7. The second kappa shape index (κ2) is 9.42. The maximum Gasteiger partial charge on any atom is 0.335 e. The number of thioether (sulfide) groups is 1. The number of carboxylic acids is 1. The van der Waals surface area contributed by atoms with Crippen molar-refractivity contribution in [1.29, 1.82) is 0 Å². The van der Waals surface area contributed by atoms with E-state index in [9.17, 15) is 9.59 Å². The monoisotopic (exact) mass is 295 g/mol. The fourth-order valence-electron chi connectivity index (χ4n) is 1.82. The first-order chi connectivity index (χ1) is 9.65. The predicted molar refractivity (Wildman–Crippen MR) is 82.6 cm³/mol. The highest BCUT2D eigenvalue weighted by Gasteiger charge is 2.08. The van der Waals surface area contributed by atoms with E-state index in [-0.39, 0.29) is 11.5 Å². The van der Waals surface area contributed by atoms with Crippen LogP contribution in [0.1, 0.15) is 46.4 Å². The second-order valence-corrected chi connectivity index (χ2v) is 5.53. The molecule has 0 atom stereocenters. The van der Waals surface area contributed by atoms with E-state index < -0.39 is 5.97 Å². The molecule has 0 aliphatic heterocycles. The smallest absolute Gasteiger partial charge is 0.335 e. The van der Waals surface area contributed by atoms with Crippen molar-refractivity contribution in [2.24, 2.45) is 0 Å². The Kier molecular flexibility index (Phi) is 7.80. The van der Waals surface area contributed by atoms with Crippen LogP contribution in [0.3, 0.4) is 0 Å². The Bertz CT molecular complexity index is 448. The average Bonchev–Trinajstić information content (AvgIpc) is 2.46. The highest BCUT2D eigenvalue weighted by atomic mass is 32.2. The van der Waals surface area contributed by atoms with Crippen LogP contribution in [-0.4, -0.2) is 35.5 Å². The van der Waals surface area contributed by atoms with Crippen LogP contribution in [0.4, 0.5) is 0 Å². The van der Waals surface area contributed by atoms with Crippen LogP contribution >= 0.6 is 11.8 Å². The van der Waals surface area contributed by atoms with E-state index in [1.54, 1.807) is 12.1 Å². The molecule has 0 radical (unpaired) electrons. The lowest BCUT2D eigenvalue weighted by molar-refractivity contribution is 0.0697. The van der Waals surface area contributed by atoms with Gasteiger partial charge in [-0.25, -0.2) is 4.79 Å². The van der Waals surface area contributed by atoms with E-state index in [0.29, 0.717) is 12.1 Å². The molecule has 0 aromatic heterocycles. The first-order valence-corrected chi connectivity index (χ1v) is 8.15. The summed E-state index contributed by atoms with van der Waals surface area (Å²) in [5.41, 5.74) is 0.530. The number of unbranched alkanes of at least 4 members (excludes halogenated alkanes) is 3. The van der Waals surface area contributed by atoms with Gasteiger partial charge in [-0.15, -0.1) is 0 Å². The van der Waals surface area contributed by atoms with Crippen molar-refractivity contribution in [3.8, 4) is 0 Å². The Balaban J connectivity index is 2.29. The summed E-state index contributed by atoms with van der Waals surface area (Å²) < 4.78 is 0. The van der Waals surface area contributed by atoms with Crippen LogP contribution in [-0.2, 0) is 0 Å². The second-order valence-electron chi connectivity index (χ2n) is 4.55. The molecule has 0 aliphatic carbocycles. The van der Waals surface area contributed by atoms with E-state index in [2.05, 4.69) is 11.6 Å². The third-order valence-corrected chi connectivity index (χ3v) is 3.63. The normalized spacial score (nSPS) is 10.2. The Morgan fingerprint density at radius 1 is 1.15 bits per heavy atom. The largest absolute Gasteiger partial charge is 0.478 e. The number of hydrogen-bond donors (Lipinski definition) is 2. The molecular formula is C15H21NO3S. The molecule has 0 heterocycles. The minimum absolute atomic E-state index is 0.134. The molecule has 0 saturated heterocycles. The van der Waals surface area contributed by atoms with Gasteiger partial charge in [0.1, 0.15) is 0 Å². The van der Waals surface area contributed by atoms with Crippen molar-refractivity contribution in [3.05, 3.63) is 35.4 Å². The van der Waals surface area contributed by atoms with E-state index in [0.717, 1.165) is 12.8 Å². The fraction of sp³-hybridized carbons (Fsp3) is 0.467. The van der Waals surface area contributed by atoms with Gasteiger partial charge in [-0.3, -0.25) is 4.79 Å². The molecule has 5 heteroatoms. The van der Waals surface area contributed by atoms with Crippen LogP contribution in [0.2, 0.25) is 0 Å². The molecule has 1 amide bonds. The number of nitrogens with one attached hydrogen (secondary N) is 1. The highest BCUT2D eigenvalue weighted by molar-refractivity contribution is 7.98. The van der Waals surface area contributed by atoms with Gasteiger partial charge in [-0.1, -0.05) is 18.9 Å². The van der Waals surface area contributed by atoms with Gasteiger partial charge in [-0.05, 0) is 43.0 Å². The minimum atomic E-state index is -1.02. The Labute approximate surface area is 124 Å². The molecular weight excluding hydrogens is 274 g/mol. The quantitative estimate of drug-likeness (QED) is 0.687. The summed E-state index contributed by atoms with van der Waals surface area (Å²) in [6, 6.07) is 6.09. The number of aromatic carboxylic acids is 1. The molecule has 1 rings (SSSR count). The molecule has 1 aromatic rings. The van der Waals surface area contributed by atoms with Gasteiger partial charge in [-0.2, -0.15) is 11.8 Å². The van der Waals surface area contributed by atoms with Crippen LogP contribution in [0.15, 0.2) is 24.3 Å². The van der Waals surface area contributed by atoms with Gasteiger partial charge in [0.05, 0.1) is 5.56 Å². The van der Waals surface area contributed by atoms with Crippen molar-refractivity contribution in [3.63, 3.8) is 0 Å². The van der Waals surface area contributed by atoms with Gasteiger partial charge >= 0.3 is 5.97 Å². The van der Waals surface area contributed by atoms with E-state index in [1.807, 2.05) is 11.8 Å². The Hall–Kier alpha value is -1.49. The van der Waals surface area contributed by atoms with Crippen LogP contribution < -0.4 is 5.32 Å². The summed E-state index contributed by atoms with van der Waals surface area (Å²) in [6.45, 7) is 0.634. The zero-order valence-corrected chi connectivity index (χ0v) is 12.5. The van der Waals surface area contributed by atoms with Gasteiger partial charge in [0, 0.05) is 12.1 Å². The van der Waals surface area contributed by atoms with Crippen molar-refractivity contribution in [2.45, 2.75) is 25.7 Å². The lowest BCUT2D eigenvalue weighted by atomic mass is 10.1. The number of carbonyl (C=O) groups excluding carboxylic acids is 1. The van der Waals surface area contributed by atoms with E-state index in [1.165, 1.54) is 30.7 Å². The maximum absolute atomic E-state index is 11.8. The average molecular weight is 295 g/mol. The number of amides is 1.